The molecule has 1 N–H and O–H groups in total. The summed E-state index contributed by atoms with van der Waals surface area (Å²) in [5.41, 5.74) is 1.84. The molecule has 0 saturated heterocycles. The van der Waals surface area contributed by atoms with Crippen LogP contribution in [-0.4, -0.2) is 33.8 Å². The van der Waals surface area contributed by atoms with E-state index in [0.717, 1.165) is 36.1 Å². The molecule has 0 amide bonds. The molecule has 1 fully saturated rings. The molecule has 1 heterocycles. The van der Waals surface area contributed by atoms with Crippen LogP contribution in [0.5, 0.6) is 0 Å². The minimum Gasteiger partial charge on any atom is -0.478 e. The Hall–Kier alpha value is -1.88. The van der Waals surface area contributed by atoms with Crippen molar-refractivity contribution in [3.8, 4) is 0 Å². The van der Waals surface area contributed by atoms with Gasteiger partial charge in [-0.15, -0.1) is 0 Å². The van der Waals surface area contributed by atoms with Gasteiger partial charge in [0.25, 0.3) is 0 Å². The predicted octanol–water partition coefficient (Wildman–Crippen LogP) is 2.65. The van der Waals surface area contributed by atoms with Crippen molar-refractivity contribution in [2.75, 3.05) is 7.11 Å². The Bertz CT molecular complexity index is 656. The van der Waals surface area contributed by atoms with E-state index in [-0.39, 0.29) is 6.10 Å². The Morgan fingerprint density at radius 2 is 2.25 bits per heavy atom. The number of ether oxygens (including phenoxy) is 1. The molecule has 0 spiro atoms. The molecule has 1 aromatic carbocycles. The number of nitrogens with zero attached hydrogens (tertiary/aromatic N) is 2. The zero-order valence-corrected chi connectivity index (χ0v) is 11.7. The molecule has 2 aromatic rings. The fraction of sp³-hybridized carbons (Fsp3) is 0.467. The third-order valence-electron chi connectivity index (χ3n) is 4.10. The summed E-state index contributed by atoms with van der Waals surface area (Å²) in [6, 6.07) is 5.57. The SMILES string of the molecule is CCc1nc2cccc(C(=O)O)c2n1C1CC(OC)C1. The standard InChI is InChI=1S/C15H18N2O3/c1-3-13-16-12-6-4-5-11(15(18)19)14(12)17(13)9-7-10(8-9)20-2/h4-6,9-10H,3,7-8H2,1-2H3,(H,18,19). The maximum absolute atomic E-state index is 11.4. The number of benzene rings is 1. The summed E-state index contributed by atoms with van der Waals surface area (Å²) < 4.78 is 7.43. The summed E-state index contributed by atoms with van der Waals surface area (Å²) in [4.78, 5) is 16.0. The lowest BCUT2D eigenvalue weighted by molar-refractivity contribution is 0.00660. The lowest BCUT2D eigenvalue weighted by Crippen LogP contribution is -2.33. The lowest BCUT2D eigenvalue weighted by Gasteiger charge is -2.36. The molecule has 1 saturated carbocycles. The average Bonchev–Trinajstić information content (AvgIpc) is 2.76. The first-order valence-electron chi connectivity index (χ1n) is 6.91. The maximum Gasteiger partial charge on any atom is 0.337 e. The van der Waals surface area contributed by atoms with E-state index in [0.29, 0.717) is 11.6 Å². The Kier molecular flexibility index (Phi) is 3.22. The van der Waals surface area contributed by atoms with E-state index in [9.17, 15) is 9.90 Å². The molecule has 1 aliphatic rings. The summed E-state index contributed by atoms with van der Waals surface area (Å²) in [5.74, 6) is 0.0512. The van der Waals surface area contributed by atoms with Crippen molar-refractivity contribution in [3.63, 3.8) is 0 Å². The molecular weight excluding hydrogens is 256 g/mol. The molecule has 3 rings (SSSR count). The van der Waals surface area contributed by atoms with Crippen LogP contribution in [0.4, 0.5) is 0 Å². The van der Waals surface area contributed by atoms with E-state index in [4.69, 9.17) is 4.74 Å². The number of aryl methyl sites for hydroxylation is 1. The van der Waals surface area contributed by atoms with Gasteiger partial charge in [0, 0.05) is 19.6 Å². The van der Waals surface area contributed by atoms with Gasteiger partial charge in [-0.1, -0.05) is 13.0 Å². The second kappa shape index (κ2) is 4.90. The highest BCUT2D eigenvalue weighted by Gasteiger charge is 2.33. The quantitative estimate of drug-likeness (QED) is 0.931. The van der Waals surface area contributed by atoms with Crippen molar-refractivity contribution in [1.29, 1.82) is 0 Å². The van der Waals surface area contributed by atoms with Gasteiger partial charge < -0.3 is 14.4 Å². The minimum atomic E-state index is -0.901. The molecule has 106 valence electrons. The molecule has 0 unspecified atom stereocenters. The number of rotatable bonds is 4. The number of para-hydroxylation sites is 1. The van der Waals surface area contributed by atoms with Crippen LogP contribution in [0.1, 0.15) is 42.0 Å². The van der Waals surface area contributed by atoms with Crippen molar-refractivity contribution < 1.29 is 14.6 Å². The second-order valence-corrected chi connectivity index (χ2v) is 5.21. The number of aromatic carboxylic acids is 1. The number of aromatic nitrogens is 2. The average molecular weight is 274 g/mol. The van der Waals surface area contributed by atoms with Gasteiger partial charge in [0.15, 0.2) is 0 Å². The fourth-order valence-corrected chi connectivity index (χ4v) is 2.95. The molecule has 5 nitrogen and oxygen atoms in total. The van der Waals surface area contributed by atoms with Crippen molar-refractivity contribution in [2.45, 2.75) is 38.3 Å². The molecular formula is C15H18N2O3. The molecule has 1 aromatic heterocycles. The number of carboxylic acids is 1. The third-order valence-corrected chi connectivity index (χ3v) is 4.10. The van der Waals surface area contributed by atoms with Crippen LogP contribution in [-0.2, 0) is 11.2 Å². The monoisotopic (exact) mass is 274 g/mol. The van der Waals surface area contributed by atoms with Crippen LogP contribution in [0.2, 0.25) is 0 Å². The number of hydrogen-bond acceptors (Lipinski definition) is 3. The summed E-state index contributed by atoms with van der Waals surface area (Å²) in [6.45, 7) is 2.05. The third kappa shape index (κ3) is 1.89. The zero-order chi connectivity index (χ0) is 14.3. The van der Waals surface area contributed by atoms with E-state index in [1.165, 1.54) is 0 Å². The van der Waals surface area contributed by atoms with Gasteiger partial charge in [-0.25, -0.2) is 9.78 Å². The normalized spacial score (nSPS) is 21.9. The maximum atomic E-state index is 11.4. The highest BCUT2D eigenvalue weighted by molar-refractivity contribution is 6.01. The van der Waals surface area contributed by atoms with Crippen molar-refractivity contribution in [3.05, 3.63) is 29.6 Å². The minimum absolute atomic E-state index is 0.277. The fourth-order valence-electron chi connectivity index (χ4n) is 2.95. The van der Waals surface area contributed by atoms with E-state index in [2.05, 4.69) is 9.55 Å². The highest BCUT2D eigenvalue weighted by Crippen LogP contribution is 2.38. The van der Waals surface area contributed by atoms with Gasteiger partial charge in [-0.3, -0.25) is 0 Å². The van der Waals surface area contributed by atoms with Crippen LogP contribution in [0.25, 0.3) is 11.0 Å². The Balaban J connectivity index is 2.15. The number of fused-ring (bicyclic) bond motifs is 1. The van der Waals surface area contributed by atoms with E-state index >= 15 is 0 Å². The number of imidazole rings is 1. The zero-order valence-electron chi connectivity index (χ0n) is 11.7. The Labute approximate surface area is 117 Å². The molecule has 5 heteroatoms. The summed E-state index contributed by atoms with van der Waals surface area (Å²) >= 11 is 0. The number of hydrogen-bond donors (Lipinski definition) is 1. The predicted molar refractivity (Wildman–Crippen MR) is 75.1 cm³/mol. The first kappa shape index (κ1) is 13.1. The first-order valence-corrected chi connectivity index (χ1v) is 6.91. The number of carboxylic acid groups (broad SMARTS) is 1. The van der Waals surface area contributed by atoms with Crippen LogP contribution in [0, 0.1) is 0 Å². The van der Waals surface area contributed by atoms with Crippen molar-refractivity contribution in [2.24, 2.45) is 0 Å². The molecule has 0 aliphatic heterocycles. The number of methoxy groups -OCH3 is 1. The molecule has 1 aliphatic carbocycles. The van der Waals surface area contributed by atoms with E-state index in [1.807, 2.05) is 13.0 Å². The first-order chi connectivity index (χ1) is 9.65. The Morgan fingerprint density at radius 3 is 2.85 bits per heavy atom. The van der Waals surface area contributed by atoms with Gasteiger partial charge in [0.2, 0.25) is 0 Å². The topological polar surface area (TPSA) is 64.3 Å². The molecule has 0 bridgehead atoms. The van der Waals surface area contributed by atoms with Gasteiger partial charge in [-0.05, 0) is 25.0 Å². The van der Waals surface area contributed by atoms with Gasteiger partial charge >= 0.3 is 5.97 Å². The highest BCUT2D eigenvalue weighted by atomic mass is 16.5. The van der Waals surface area contributed by atoms with Crippen LogP contribution >= 0.6 is 0 Å². The lowest BCUT2D eigenvalue weighted by atomic mass is 9.88. The van der Waals surface area contributed by atoms with Crippen LogP contribution in [0.15, 0.2) is 18.2 Å². The second-order valence-electron chi connectivity index (χ2n) is 5.21. The number of carbonyl (C=O) groups is 1. The van der Waals surface area contributed by atoms with E-state index in [1.54, 1.807) is 19.2 Å². The Morgan fingerprint density at radius 1 is 1.50 bits per heavy atom. The van der Waals surface area contributed by atoms with Crippen LogP contribution < -0.4 is 0 Å². The van der Waals surface area contributed by atoms with Crippen LogP contribution in [0.3, 0.4) is 0 Å². The largest absolute Gasteiger partial charge is 0.478 e. The smallest absolute Gasteiger partial charge is 0.337 e. The summed E-state index contributed by atoms with van der Waals surface area (Å²) in [7, 11) is 1.72. The summed E-state index contributed by atoms with van der Waals surface area (Å²) in [6.07, 6.45) is 2.91. The van der Waals surface area contributed by atoms with Crippen molar-refractivity contribution in [1.82, 2.24) is 9.55 Å². The van der Waals surface area contributed by atoms with Crippen molar-refractivity contribution >= 4 is 17.0 Å². The molecule has 0 atom stereocenters. The molecule has 0 radical (unpaired) electrons. The van der Waals surface area contributed by atoms with E-state index < -0.39 is 5.97 Å². The van der Waals surface area contributed by atoms with Gasteiger partial charge in [0.1, 0.15) is 5.82 Å². The summed E-state index contributed by atoms with van der Waals surface area (Å²) in [5, 5.41) is 9.39. The molecule has 20 heavy (non-hydrogen) atoms. The van der Waals surface area contributed by atoms with Gasteiger partial charge in [-0.2, -0.15) is 0 Å². The van der Waals surface area contributed by atoms with Gasteiger partial charge in [0.05, 0.1) is 22.7 Å².